The van der Waals surface area contributed by atoms with E-state index in [1.165, 1.54) is 4.90 Å². The molecule has 3 unspecified atom stereocenters. The van der Waals surface area contributed by atoms with Gasteiger partial charge in [0.1, 0.15) is 18.2 Å². The van der Waals surface area contributed by atoms with Gasteiger partial charge in [-0.15, -0.1) is 30.0 Å². The number of aromatic nitrogens is 3. The van der Waals surface area contributed by atoms with E-state index in [9.17, 15) is 19.5 Å². The van der Waals surface area contributed by atoms with Crippen LogP contribution in [0.1, 0.15) is 6.42 Å². The van der Waals surface area contributed by atoms with Crippen LogP contribution in [-0.4, -0.2) is 107 Å². The normalized spacial score (nSPS) is 29.5. The standard InChI is InChI=1S/C26H31BrN6O4S/c1-4-10-30(3)23(35)19-20-24(36)32(12-13-34)22(26(20)14-16(27)21(19)38-26)25(37)31(11-5-2)15-33-18-9-7-6-8-17(18)28-29-33/h4-9,16,19-22,34H,1-2,10-15H2,3H3/t16?,19-,20-,21-,22?,26?/m0/s1. The van der Waals surface area contributed by atoms with Crippen LogP contribution in [0.5, 0.6) is 0 Å². The fraction of sp³-hybridized carbons (Fsp3) is 0.500. The SMILES string of the molecule is C=CCN(C)C(=O)[C@H]1[C@H]2C(=O)N(CCO)C(C(=O)N(CC=C)Cn3nnc4ccccc43)C23CC(Br)[C@@H]1S3. The van der Waals surface area contributed by atoms with Gasteiger partial charge in [-0.2, -0.15) is 0 Å². The summed E-state index contributed by atoms with van der Waals surface area (Å²) in [5.74, 6) is -1.84. The minimum absolute atomic E-state index is 0.0171. The van der Waals surface area contributed by atoms with E-state index < -0.39 is 22.6 Å². The van der Waals surface area contributed by atoms with Crippen LogP contribution in [0.25, 0.3) is 11.0 Å². The third-order valence-electron chi connectivity index (χ3n) is 7.81. The van der Waals surface area contributed by atoms with Gasteiger partial charge >= 0.3 is 0 Å². The van der Waals surface area contributed by atoms with Crippen LogP contribution in [0.2, 0.25) is 0 Å². The number of hydrogen-bond donors (Lipinski definition) is 1. The number of fused-ring (bicyclic) bond motifs is 2. The lowest BCUT2D eigenvalue weighted by molar-refractivity contribution is -0.145. The van der Waals surface area contributed by atoms with E-state index in [0.717, 1.165) is 5.52 Å². The molecular formula is C26H31BrN6O4S. The molecule has 1 aromatic heterocycles. The number of para-hydroxylation sites is 1. The molecule has 0 aliphatic carbocycles. The largest absolute Gasteiger partial charge is 0.395 e. The highest BCUT2D eigenvalue weighted by Gasteiger charge is 2.75. The smallest absolute Gasteiger partial charge is 0.248 e. The number of β-amino-alcohol motifs (C(OH)–C–C–N with tert-alkyl or cyclic N) is 1. The molecule has 3 aliphatic heterocycles. The van der Waals surface area contributed by atoms with Crippen LogP contribution in [0, 0.1) is 11.8 Å². The van der Waals surface area contributed by atoms with Crippen molar-refractivity contribution in [3.63, 3.8) is 0 Å². The molecule has 2 bridgehead atoms. The Bertz CT molecular complexity index is 1290. The molecule has 3 saturated heterocycles. The number of alkyl halides is 1. The summed E-state index contributed by atoms with van der Waals surface area (Å²) < 4.78 is 0.865. The molecular weight excluding hydrogens is 572 g/mol. The van der Waals surface area contributed by atoms with E-state index in [1.807, 2.05) is 24.3 Å². The number of thioether (sulfide) groups is 1. The number of rotatable bonds is 10. The molecule has 5 rings (SSSR count). The molecule has 0 saturated carbocycles. The summed E-state index contributed by atoms with van der Waals surface area (Å²) in [4.78, 5) is 46.5. The lowest BCUT2D eigenvalue weighted by Crippen LogP contribution is -2.56. The van der Waals surface area contributed by atoms with Crippen LogP contribution in [0.4, 0.5) is 0 Å². The molecule has 1 aromatic carbocycles. The first-order valence-electron chi connectivity index (χ1n) is 12.6. The van der Waals surface area contributed by atoms with E-state index >= 15 is 0 Å². The maximum absolute atomic E-state index is 14.4. The number of aliphatic hydroxyl groups is 1. The Hall–Kier alpha value is -2.70. The number of carbonyl (C=O) groups is 3. The molecule has 10 nitrogen and oxygen atoms in total. The maximum Gasteiger partial charge on any atom is 0.248 e. The average Bonchev–Trinajstić information content (AvgIpc) is 3.61. The zero-order valence-corrected chi connectivity index (χ0v) is 23.6. The Morgan fingerprint density at radius 3 is 2.71 bits per heavy atom. The van der Waals surface area contributed by atoms with Crippen molar-refractivity contribution in [3.05, 3.63) is 49.6 Å². The third-order valence-corrected chi connectivity index (χ3v) is 11.0. The number of hydrogen-bond acceptors (Lipinski definition) is 7. The number of benzene rings is 1. The predicted molar refractivity (Wildman–Crippen MR) is 148 cm³/mol. The first-order chi connectivity index (χ1) is 18.3. The number of carbonyl (C=O) groups excluding carboxylic acids is 3. The number of halogens is 1. The van der Waals surface area contributed by atoms with E-state index in [0.29, 0.717) is 18.5 Å². The zero-order valence-electron chi connectivity index (χ0n) is 21.1. The lowest BCUT2D eigenvalue weighted by atomic mass is 9.70. The quantitative estimate of drug-likeness (QED) is 0.324. The topological polar surface area (TPSA) is 112 Å². The number of likely N-dealkylation sites (N-methyl/N-ethyl adjacent to an activating group) is 1. The summed E-state index contributed by atoms with van der Waals surface area (Å²) >= 11 is 5.34. The monoisotopic (exact) mass is 602 g/mol. The van der Waals surface area contributed by atoms with Crippen LogP contribution >= 0.6 is 27.7 Å². The molecule has 202 valence electrons. The Kier molecular flexibility index (Phi) is 7.40. The summed E-state index contributed by atoms with van der Waals surface area (Å²) in [6, 6.07) is 6.66. The second kappa shape index (κ2) is 10.5. The predicted octanol–water partition coefficient (Wildman–Crippen LogP) is 1.50. The van der Waals surface area contributed by atoms with Gasteiger partial charge in [-0.25, -0.2) is 4.68 Å². The molecule has 3 aliphatic rings. The Morgan fingerprint density at radius 2 is 2.00 bits per heavy atom. The lowest BCUT2D eigenvalue weighted by Gasteiger charge is -2.38. The van der Waals surface area contributed by atoms with Gasteiger partial charge in [0.15, 0.2) is 0 Å². The van der Waals surface area contributed by atoms with Gasteiger partial charge in [-0.1, -0.05) is 45.4 Å². The minimum atomic E-state index is -0.834. The summed E-state index contributed by atoms with van der Waals surface area (Å²) in [5, 5.41) is 18.2. The minimum Gasteiger partial charge on any atom is -0.395 e. The third kappa shape index (κ3) is 4.08. The Balaban J connectivity index is 1.52. The van der Waals surface area contributed by atoms with Gasteiger partial charge in [-0.05, 0) is 18.6 Å². The molecule has 38 heavy (non-hydrogen) atoms. The van der Waals surface area contributed by atoms with Crippen molar-refractivity contribution >= 4 is 56.4 Å². The number of aliphatic hydroxyl groups excluding tert-OH is 1. The zero-order chi connectivity index (χ0) is 27.2. The van der Waals surface area contributed by atoms with Gasteiger partial charge in [0, 0.05) is 36.8 Å². The molecule has 3 amide bonds. The van der Waals surface area contributed by atoms with Crippen molar-refractivity contribution in [2.75, 3.05) is 33.3 Å². The van der Waals surface area contributed by atoms with Crippen LogP contribution in [0.3, 0.4) is 0 Å². The molecule has 1 N–H and O–H groups in total. The molecule has 3 fully saturated rings. The van der Waals surface area contributed by atoms with E-state index in [1.54, 1.807) is 45.4 Å². The van der Waals surface area contributed by atoms with E-state index in [4.69, 9.17) is 0 Å². The van der Waals surface area contributed by atoms with Gasteiger partial charge in [-0.3, -0.25) is 14.4 Å². The van der Waals surface area contributed by atoms with Crippen LogP contribution in [-0.2, 0) is 21.1 Å². The molecule has 6 atom stereocenters. The summed E-state index contributed by atoms with van der Waals surface area (Å²) in [6.07, 6.45) is 3.87. The first kappa shape index (κ1) is 26.9. The highest BCUT2D eigenvalue weighted by molar-refractivity contribution is 9.09. The average molecular weight is 604 g/mol. The molecule has 2 aromatic rings. The summed E-state index contributed by atoms with van der Waals surface area (Å²) in [6.45, 7) is 8.03. The molecule has 4 heterocycles. The Labute approximate surface area is 233 Å². The highest BCUT2D eigenvalue weighted by atomic mass is 79.9. The van der Waals surface area contributed by atoms with Gasteiger partial charge < -0.3 is 19.8 Å². The molecule has 12 heteroatoms. The Morgan fingerprint density at radius 1 is 1.26 bits per heavy atom. The van der Waals surface area contributed by atoms with Crippen molar-refractivity contribution in [3.8, 4) is 0 Å². The van der Waals surface area contributed by atoms with Crippen molar-refractivity contribution in [2.24, 2.45) is 11.8 Å². The number of nitrogens with zero attached hydrogens (tertiary/aromatic N) is 6. The first-order valence-corrected chi connectivity index (χ1v) is 14.4. The van der Waals surface area contributed by atoms with Gasteiger partial charge in [0.2, 0.25) is 17.7 Å². The molecule has 0 radical (unpaired) electrons. The number of likely N-dealkylation sites (tertiary alicyclic amines) is 1. The summed E-state index contributed by atoms with van der Waals surface area (Å²) in [7, 11) is 1.71. The van der Waals surface area contributed by atoms with Crippen molar-refractivity contribution in [1.82, 2.24) is 29.7 Å². The summed E-state index contributed by atoms with van der Waals surface area (Å²) in [5.41, 5.74) is 1.50. The highest BCUT2D eigenvalue weighted by Crippen LogP contribution is 2.68. The van der Waals surface area contributed by atoms with Crippen LogP contribution < -0.4 is 0 Å². The van der Waals surface area contributed by atoms with E-state index in [-0.39, 0.29) is 54.2 Å². The number of amides is 3. The van der Waals surface area contributed by atoms with Gasteiger partial charge in [0.05, 0.1) is 28.7 Å². The molecule has 1 spiro atoms. The van der Waals surface area contributed by atoms with Crippen molar-refractivity contribution in [1.29, 1.82) is 0 Å². The van der Waals surface area contributed by atoms with Gasteiger partial charge in [0.25, 0.3) is 0 Å². The second-order valence-corrected chi connectivity index (χ2v) is 12.7. The fourth-order valence-electron chi connectivity index (χ4n) is 6.31. The van der Waals surface area contributed by atoms with Crippen molar-refractivity contribution in [2.45, 2.75) is 34.0 Å². The van der Waals surface area contributed by atoms with Crippen molar-refractivity contribution < 1.29 is 19.5 Å². The maximum atomic E-state index is 14.4. The second-order valence-electron chi connectivity index (χ2n) is 9.99. The van der Waals surface area contributed by atoms with E-state index in [2.05, 4.69) is 39.4 Å². The van der Waals surface area contributed by atoms with Crippen LogP contribution in [0.15, 0.2) is 49.6 Å². The fourth-order valence-corrected chi connectivity index (χ4v) is 9.91.